The first-order valence-corrected chi connectivity index (χ1v) is 7.71. The molecule has 116 valence electrons. The van der Waals surface area contributed by atoms with E-state index in [-0.39, 0.29) is 12.0 Å². The predicted molar refractivity (Wildman–Crippen MR) is 81.4 cm³/mol. The molecule has 1 saturated heterocycles. The molecule has 0 spiro atoms. The molecule has 1 aromatic rings. The molecule has 1 unspecified atom stereocenters. The molecule has 0 bridgehead atoms. The molecule has 1 atom stereocenters. The van der Waals surface area contributed by atoms with Gasteiger partial charge in [-0.1, -0.05) is 6.92 Å². The molecular weight excluding hydrogens is 268 g/mol. The van der Waals surface area contributed by atoms with E-state index < -0.39 is 0 Å². The topological polar surface area (TPSA) is 67.4 Å². The number of piperidine rings is 1. The first kappa shape index (κ1) is 15.7. The van der Waals surface area contributed by atoms with Crippen molar-refractivity contribution in [2.75, 3.05) is 31.6 Å². The van der Waals surface area contributed by atoms with Crippen LogP contribution in [0.3, 0.4) is 0 Å². The lowest BCUT2D eigenvalue weighted by Gasteiger charge is -2.32. The van der Waals surface area contributed by atoms with Gasteiger partial charge in [-0.15, -0.1) is 0 Å². The van der Waals surface area contributed by atoms with Crippen LogP contribution in [0.5, 0.6) is 0 Å². The Hall–Kier alpha value is -1.69. The number of likely N-dealkylation sites (tertiary alicyclic amines) is 1. The van der Waals surface area contributed by atoms with E-state index in [9.17, 15) is 4.79 Å². The molecule has 6 nitrogen and oxygen atoms in total. The fraction of sp³-hybridized carbons (Fsp3) is 0.667. The number of carbonyl (C=O) groups excluding carboxylic acids is 1. The number of amides is 1. The second kappa shape index (κ2) is 7.93. The van der Waals surface area contributed by atoms with Crippen molar-refractivity contribution in [1.82, 2.24) is 14.9 Å². The third-order valence-corrected chi connectivity index (χ3v) is 3.49. The third-order valence-electron chi connectivity index (χ3n) is 3.49. The van der Waals surface area contributed by atoms with Crippen LogP contribution in [0.1, 0.15) is 43.6 Å². The van der Waals surface area contributed by atoms with Gasteiger partial charge in [-0.05, 0) is 26.2 Å². The maximum Gasteiger partial charge on any atom is 0.274 e. The van der Waals surface area contributed by atoms with Crippen LogP contribution in [0.15, 0.2) is 12.4 Å². The van der Waals surface area contributed by atoms with E-state index in [1.165, 1.54) is 0 Å². The summed E-state index contributed by atoms with van der Waals surface area (Å²) >= 11 is 0. The molecule has 1 amide bonds. The van der Waals surface area contributed by atoms with Gasteiger partial charge in [0.2, 0.25) is 0 Å². The molecule has 0 aliphatic carbocycles. The largest absolute Gasteiger partial charge is 0.377 e. The zero-order valence-electron chi connectivity index (χ0n) is 12.8. The summed E-state index contributed by atoms with van der Waals surface area (Å²) < 4.78 is 5.62. The molecule has 1 aliphatic heterocycles. The van der Waals surface area contributed by atoms with Crippen LogP contribution < -0.4 is 5.32 Å². The quantitative estimate of drug-likeness (QED) is 0.868. The highest BCUT2D eigenvalue weighted by Gasteiger charge is 2.25. The zero-order valence-corrected chi connectivity index (χ0v) is 12.8. The number of rotatable bonds is 6. The predicted octanol–water partition coefficient (Wildman–Crippen LogP) is 1.94. The SMILES string of the molecule is CCCNc1cnc(C(=O)N2CCCC(OCC)C2)cn1. The molecule has 1 N–H and O–H groups in total. The number of hydrogen-bond donors (Lipinski definition) is 1. The minimum Gasteiger partial charge on any atom is -0.377 e. The Morgan fingerprint density at radius 2 is 2.29 bits per heavy atom. The average Bonchev–Trinajstić information content (AvgIpc) is 2.53. The standard InChI is InChI=1S/C15H24N4O2/c1-3-7-16-14-10-17-13(9-18-14)15(20)19-8-5-6-12(11-19)21-4-2/h9-10,12H,3-8,11H2,1-2H3,(H,16,18). The highest BCUT2D eigenvalue weighted by molar-refractivity contribution is 5.92. The minimum absolute atomic E-state index is 0.0612. The Kier molecular flexibility index (Phi) is 5.92. The number of nitrogens with one attached hydrogen (secondary N) is 1. The Morgan fingerprint density at radius 1 is 1.43 bits per heavy atom. The van der Waals surface area contributed by atoms with Crippen molar-refractivity contribution >= 4 is 11.7 Å². The number of hydrogen-bond acceptors (Lipinski definition) is 5. The van der Waals surface area contributed by atoms with Crippen molar-refractivity contribution in [3.8, 4) is 0 Å². The highest BCUT2D eigenvalue weighted by Crippen LogP contribution is 2.15. The normalized spacial score (nSPS) is 18.6. The molecule has 6 heteroatoms. The third kappa shape index (κ3) is 4.39. The molecule has 1 fully saturated rings. The first-order valence-electron chi connectivity index (χ1n) is 7.71. The van der Waals surface area contributed by atoms with Gasteiger partial charge in [-0.25, -0.2) is 9.97 Å². The fourth-order valence-electron chi connectivity index (χ4n) is 2.44. The summed E-state index contributed by atoms with van der Waals surface area (Å²) in [7, 11) is 0. The monoisotopic (exact) mass is 292 g/mol. The second-order valence-corrected chi connectivity index (χ2v) is 5.18. The van der Waals surface area contributed by atoms with E-state index >= 15 is 0 Å². The molecule has 0 saturated carbocycles. The smallest absolute Gasteiger partial charge is 0.274 e. The van der Waals surface area contributed by atoms with E-state index in [1.807, 2.05) is 11.8 Å². The number of carbonyl (C=O) groups is 1. The average molecular weight is 292 g/mol. The van der Waals surface area contributed by atoms with Crippen LogP contribution in [0.4, 0.5) is 5.82 Å². The van der Waals surface area contributed by atoms with E-state index in [1.54, 1.807) is 12.4 Å². The molecular formula is C15H24N4O2. The fourth-order valence-corrected chi connectivity index (χ4v) is 2.44. The lowest BCUT2D eigenvalue weighted by atomic mass is 10.1. The second-order valence-electron chi connectivity index (χ2n) is 5.18. The molecule has 0 radical (unpaired) electrons. The molecule has 1 aromatic heterocycles. The molecule has 1 aliphatic rings. The van der Waals surface area contributed by atoms with E-state index in [0.717, 1.165) is 32.4 Å². The summed E-state index contributed by atoms with van der Waals surface area (Å²) in [4.78, 5) is 22.7. The van der Waals surface area contributed by atoms with Gasteiger partial charge in [-0.2, -0.15) is 0 Å². The molecule has 2 heterocycles. The van der Waals surface area contributed by atoms with E-state index in [2.05, 4.69) is 22.2 Å². The van der Waals surface area contributed by atoms with Crippen molar-refractivity contribution < 1.29 is 9.53 Å². The number of anilines is 1. The first-order chi connectivity index (χ1) is 10.2. The molecule has 21 heavy (non-hydrogen) atoms. The van der Waals surface area contributed by atoms with Gasteiger partial charge in [-0.3, -0.25) is 4.79 Å². The Bertz CT molecular complexity index is 447. The van der Waals surface area contributed by atoms with E-state index in [0.29, 0.717) is 24.7 Å². The molecule has 0 aromatic carbocycles. The van der Waals surface area contributed by atoms with Crippen LogP contribution in [-0.2, 0) is 4.74 Å². The lowest BCUT2D eigenvalue weighted by Crippen LogP contribution is -2.43. The number of aromatic nitrogens is 2. The Balaban J connectivity index is 1.95. The van der Waals surface area contributed by atoms with Crippen LogP contribution in [0.25, 0.3) is 0 Å². The summed E-state index contributed by atoms with van der Waals surface area (Å²) in [5.74, 6) is 0.646. The number of nitrogens with zero attached hydrogens (tertiary/aromatic N) is 3. The van der Waals surface area contributed by atoms with E-state index in [4.69, 9.17) is 4.74 Å². The highest BCUT2D eigenvalue weighted by atomic mass is 16.5. The van der Waals surface area contributed by atoms with Crippen molar-refractivity contribution in [1.29, 1.82) is 0 Å². The van der Waals surface area contributed by atoms with Crippen molar-refractivity contribution in [3.63, 3.8) is 0 Å². The van der Waals surface area contributed by atoms with Crippen LogP contribution >= 0.6 is 0 Å². The van der Waals surface area contributed by atoms with Crippen molar-refractivity contribution in [3.05, 3.63) is 18.1 Å². The lowest BCUT2D eigenvalue weighted by molar-refractivity contribution is 0.00702. The van der Waals surface area contributed by atoms with Crippen molar-refractivity contribution in [2.24, 2.45) is 0 Å². The molecule has 2 rings (SSSR count). The summed E-state index contributed by atoms with van der Waals surface area (Å²) in [5.41, 5.74) is 0.397. The van der Waals surface area contributed by atoms with Crippen LogP contribution in [0, 0.1) is 0 Å². The van der Waals surface area contributed by atoms with Gasteiger partial charge < -0.3 is 15.0 Å². The van der Waals surface area contributed by atoms with Crippen LogP contribution in [0.2, 0.25) is 0 Å². The van der Waals surface area contributed by atoms with Gasteiger partial charge in [0.15, 0.2) is 0 Å². The number of ether oxygens (including phenoxy) is 1. The zero-order chi connectivity index (χ0) is 15.1. The van der Waals surface area contributed by atoms with Crippen LogP contribution in [-0.4, -0.2) is 53.1 Å². The van der Waals surface area contributed by atoms with Gasteiger partial charge >= 0.3 is 0 Å². The van der Waals surface area contributed by atoms with Gasteiger partial charge in [0.25, 0.3) is 5.91 Å². The Labute approximate surface area is 125 Å². The minimum atomic E-state index is -0.0612. The van der Waals surface area contributed by atoms with Gasteiger partial charge in [0.05, 0.1) is 18.5 Å². The maximum atomic E-state index is 12.4. The Morgan fingerprint density at radius 3 is 2.95 bits per heavy atom. The van der Waals surface area contributed by atoms with Gasteiger partial charge in [0.1, 0.15) is 11.5 Å². The summed E-state index contributed by atoms with van der Waals surface area (Å²) in [6, 6.07) is 0. The summed E-state index contributed by atoms with van der Waals surface area (Å²) in [5, 5.41) is 3.15. The maximum absolute atomic E-state index is 12.4. The summed E-state index contributed by atoms with van der Waals surface area (Å²) in [6.07, 6.45) is 6.32. The summed E-state index contributed by atoms with van der Waals surface area (Å²) in [6.45, 7) is 7.01. The van der Waals surface area contributed by atoms with Crippen molar-refractivity contribution in [2.45, 2.75) is 39.2 Å². The van der Waals surface area contributed by atoms with Gasteiger partial charge in [0, 0.05) is 26.2 Å².